The van der Waals surface area contributed by atoms with Crippen molar-refractivity contribution in [3.63, 3.8) is 0 Å². The monoisotopic (exact) mass is 269 g/mol. The van der Waals surface area contributed by atoms with E-state index in [0.717, 1.165) is 19.5 Å². The first kappa shape index (κ1) is 12.3. The van der Waals surface area contributed by atoms with Crippen LogP contribution < -0.4 is 0 Å². The number of phenols is 1. The highest BCUT2D eigenvalue weighted by Crippen LogP contribution is 2.59. The lowest BCUT2D eigenvalue weighted by Crippen LogP contribution is -2.31. The molecule has 1 N–H and O–H groups in total. The average Bonchev–Trinajstić information content (AvgIpc) is 2.73. The van der Waals surface area contributed by atoms with Crippen LogP contribution in [0.1, 0.15) is 38.8 Å². The molecule has 0 radical (unpaired) electrons. The topological polar surface area (TPSA) is 23.5 Å². The number of phenolic OH excluding ortho intramolecular Hbond substituents is 1. The van der Waals surface area contributed by atoms with Gasteiger partial charge in [-0.1, -0.05) is 39.8 Å². The minimum absolute atomic E-state index is 0.188. The Bertz CT molecular complexity index is 639. The van der Waals surface area contributed by atoms with E-state index in [2.05, 4.69) is 38.7 Å². The van der Waals surface area contributed by atoms with Gasteiger partial charge in [-0.2, -0.15) is 0 Å². The van der Waals surface area contributed by atoms with Crippen molar-refractivity contribution in [2.45, 2.75) is 34.1 Å². The van der Waals surface area contributed by atoms with Crippen LogP contribution in [0, 0.1) is 16.7 Å². The molecule has 106 valence electrons. The van der Waals surface area contributed by atoms with Gasteiger partial charge in [0.2, 0.25) is 0 Å². The van der Waals surface area contributed by atoms with E-state index < -0.39 is 0 Å². The Labute approximate surface area is 121 Å². The maximum absolute atomic E-state index is 10.3. The molecule has 1 saturated heterocycles. The summed E-state index contributed by atoms with van der Waals surface area (Å²) in [6.07, 6.45) is 0.987. The Balaban J connectivity index is 2.02. The summed E-state index contributed by atoms with van der Waals surface area (Å²) in [7, 11) is 0. The number of hydrogen-bond donors (Lipinski definition) is 1. The van der Waals surface area contributed by atoms with Gasteiger partial charge >= 0.3 is 0 Å². The van der Waals surface area contributed by atoms with Crippen LogP contribution in [0.2, 0.25) is 0 Å². The predicted octanol–water partition coefficient (Wildman–Crippen LogP) is 3.66. The minimum Gasteiger partial charge on any atom is -0.508 e. The zero-order valence-electron chi connectivity index (χ0n) is 12.8. The molecule has 0 saturated carbocycles. The second-order valence-electron chi connectivity index (χ2n) is 8.05. The lowest BCUT2D eigenvalue weighted by Gasteiger charge is -2.35. The van der Waals surface area contributed by atoms with Crippen LogP contribution >= 0.6 is 0 Å². The molecular formula is C18H23NO. The van der Waals surface area contributed by atoms with E-state index in [0.29, 0.717) is 17.1 Å². The van der Waals surface area contributed by atoms with Crippen molar-refractivity contribution in [1.82, 2.24) is 4.90 Å². The smallest absolute Gasteiger partial charge is 0.119 e. The highest BCUT2D eigenvalue weighted by molar-refractivity contribution is 5.81. The fraction of sp³-hybridized carbons (Fsp3) is 0.556. The Morgan fingerprint density at radius 3 is 2.65 bits per heavy atom. The third kappa shape index (κ3) is 1.35. The summed E-state index contributed by atoms with van der Waals surface area (Å²) in [6.45, 7) is 11.7. The molecule has 1 aromatic carbocycles. The summed E-state index contributed by atoms with van der Waals surface area (Å²) >= 11 is 0. The first-order valence-electron chi connectivity index (χ1n) is 7.62. The molecule has 20 heavy (non-hydrogen) atoms. The Morgan fingerprint density at radius 2 is 1.90 bits per heavy atom. The third-order valence-corrected chi connectivity index (χ3v) is 5.56. The van der Waals surface area contributed by atoms with Crippen LogP contribution in [-0.2, 0) is 6.42 Å². The quantitative estimate of drug-likeness (QED) is 0.777. The standard InChI is InChI=1S/C18H23NO/c1-17(2)9-19-10-18(3,4)15-11-6-5-7-14(20)12(11)8-13(17)16(15)19/h5-7,13,20H,8-10H2,1-4H3. The van der Waals surface area contributed by atoms with E-state index in [1.807, 2.05) is 12.1 Å². The van der Waals surface area contributed by atoms with Crippen LogP contribution in [0.4, 0.5) is 0 Å². The van der Waals surface area contributed by atoms with E-state index in [9.17, 15) is 5.11 Å². The van der Waals surface area contributed by atoms with Gasteiger partial charge in [0.1, 0.15) is 5.75 Å². The number of benzene rings is 1. The molecule has 3 aliphatic rings. The van der Waals surface area contributed by atoms with Gasteiger partial charge in [-0.05, 0) is 29.0 Å². The molecule has 2 heterocycles. The number of fused-ring (bicyclic) bond motifs is 2. The summed E-state index contributed by atoms with van der Waals surface area (Å²) in [4.78, 5) is 2.60. The van der Waals surface area contributed by atoms with Gasteiger partial charge in [-0.25, -0.2) is 0 Å². The van der Waals surface area contributed by atoms with Crippen molar-refractivity contribution in [3.05, 3.63) is 35.0 Å². The van der Waals surface area contributed by atoms with Crippen LogP contribution in [0.15, 0.2) is 23.9 Å². The van der Waals surface area contributed by atoms with Crippen molar-refractivity contribution in [2.24, 2.45) is 16.7 Å². The molecule has 2 aliphatic heterocycles. The van der Waals surface area contributed by atoms with E-state index in [-0.39, 0.29) is 5.41 Å². The molecule has 0 bridgehead atoms. The minimum atomic E-state index is 0.188. The lowest BCUT2D eigenvalue weighted by molar-refractivity contribution is 0.245. The Hall–Kier alpha value is -1.44. The van der Waals surface area contributed by atoms with Crippen molar-refractivity contribution < 1.29 is 5.11 Å². The van der Waals surface area contributed by atoms with Crippen molar-refractivity contribution in [1.29, 1.82) is 0 Å². The van der Waals surface area contributed by atoms with Gasteiger partial charge < -0.3 is 10.0 Å². The number of rotatable bonds is 0. The van der Waals surface area contributed by atoms with Crippen molar-refractivity contribution >= 4 is 5.57 Å². The molecule has 0 aromatic heterocycles. The van der Waals surface area contributed by atoms with Crippen LogP contribution in [0.3, 0.4) is 0 Å². The molecule has 2 heteroatoms. The van der Waals surface area contributed by atoms with Gasteiger partial charge in [0.25, 0.3) is 0 Å². The van der Waals surface area contributed by atoms with Gasteiger partial charge in [-0.15, -0.1) is 0 Å². The number of allylic oxidation sites excluding steroid dienone is 1. The highest BCUT2D eigenvalue weighted by atomic mass is 16.3. The van der Waals surface area contributed by atoms with Crippen molar-refractivity contribution in [3.8, 4) is 5.75 Å². The van der Waals surface area contributed by atoms with Gasteiger partial charge in [0.15, 0.2) is 0 Å². The second-order valence-corrected chi connectivity index (χ2v) is 8.05. The highest BCUT2D eigenvalue weighted by Gasteiger charge is 2.53. The van der Waals surface area contributed by atoms with Crippen LogP contribution in [0.25, 0.3) is 5.57 Å². The first-order chi connectivity index (χ1) is 9.31. The molecule has 0 spiro atoms. The SMILES string of the molecule is CC1(C)CN2CC(C)(C)C3Cc4c(O)cccc4C1=C32. The second kappa shape index (κ2) is 3.41. The molecule has 1 aliphatic carbocycles. The summed E-state index contributed by atoms with van der Waals surface area (Å²) in [5.41, 5.74) is 6.01. The number of nitrogens with zero attached hydrogens (tertiary/aromatic N) is 1. The van der Waals surface area contributed by atoms with Gasteiger partial charge in [-0.3, -0.25) is 0 Å². The zero-order chi connectivity index (χ0) is 14.3. The Kier molecular flexibility index (Phi) is 2.10. The number of aromatic hydroxyl groups is 1. The van der Waals surface area contributed by atoms with Crippen molar-refractivity contribution in [2.75, 3.05) is 13.1 Å². The molecular weight excluding hydrogens is 246 g/mol. The molecule has 1 aromatic rings. The lowest BCUT2D eigenvalue weighted by atomic mass is 9.67. The van der Waals surface area contributed by atoms with Crippen LogP contribution in [-0.4, -0.2) is 23.1 Å². The molecule has 0 amide bonds. The Morgan fingerprint density at radius 1 is 1.15 bits per heavy atom. The predicted molar refractivity (Wildman–Crippen MR) is 81.4 cm³/mol. The summed E-state index contributed by atoms with van der Waals surface area (Å²) in [5, 5.41) is 10.3. The molecule has 1 unspecified atom stereocenters. The van der Waals surface area contributed by atoms with E-state index in [1.54, 1.807) is 5.70 Å². The first-order valence-corrected chi connectivity index (χ1v) is 7.62. The molecule has 1 atom stereocenters. The largest absolute Gasteiger partial charge is 0.508 e. The maximum Gasteiger partial charge on any atom is 0.119 e. The number of hydrogen-bond acceptors (Lipinski definition) is 2. The molecule has 2 nitrogen and oxygen atoms in total. The average molecular weight is 269 g/mol. The normalized spacial score (nSPS) is 28.6. The van der Waals surface area contributed by atoms with Gasteiger partial charge in [0.05, 0.1) is 0 Å². The van der Waals surface area contributed by atoms with E-state index >= 15 is 0 Å². The third-order valence-electron chi connectivity index (χ3n) is 5.56. The fourth-order valence-corrected chi connectivity index (χ4v) is 4.76. The maximum atomic E-state index is 10.3. The zero-order valence-corrected chi connectivity index (χ0v) is 12.8. The van der Waals surface area contributed by atoms with E-state index in [1.165, 1.54) is 16.7 Å². The molecule has 4 rings (SSSR count). The van der Waals surface area contributed by atoms with Gasteiger partial charge in [0, 0.05) is 35.7 Å². The van der Waals surface area contributed by atoms with E-state index in [4.69, 9.17) is 0 Å². The molecule has 1 fully saturated rings. The summed E-state index contributed by atoms with van der Waals surface area (Å²) in [6, 6.07) is 6.02. The summed E-state index contributed by atoms with van der Waals surface area (Å²) in [5.74, 6) is 1.03. The van der Waals surface area contributed by atoms with Crippen LogP contribution in [0.5, 0.6) is 5.75 Å². The summed E-state index contributed by atoms with van der Waals surface area (Å²) < 4.78 is 0. The fourth-order valence-electron chi connectivity index (χ4n) is 4.76.